The van der Waals surface area contributed by atoms with Gasteiger partial charge in [0.05, 0.1) is 6.54 Å². The largest absolute Gasteiger partial charge is 0.446 e. The van der Waals surface area contributed by atoms with E-state index in [1.807, 2.05) is 30.3 Å². The van der Waals surface area contributed by atoms with Gasteiger partial charge in [0, 0.05) is 46.6 Å². The van der Waals surface area contributed by atoms with Gasteiger partial charge < -0.3 is 24.1 Å². The van der Waals surface area contributed by atoms with Gasteiger partial charge in [-0.05, 0) is 24.5 Å². The summed E-state index contributed by atoms with van der Waals surface area (Å²) in [5.41, 5.74) is 1.12. The molecule has 162 valence electrons. The Balaban J connectivity index is 1.98. The molecule has 30 heavy (non-hydrogen) atoms. The van der Waals surface area contributed by atoms with Crippen LogP contribution in [0.1, 0.15) is 34.8 Å². The van der Waals surface area contributed by atoms with Crippen molar-refractivity contribution in [2.45, 2.75) is 19.4 Å². The first-order valence-electron chi connectivity index (χ1n) is 9.86. The molecular weight excluding hydrogens is 386 g/mol. The van der Waals surface area contributed by atoms with Gasteiger partial charge in [0.25, 0.3) is 5.91 Å². The van der Waals surface area contributed by atoms with Gasteiger partial charge in [-0.3, -0.25) is 9.59 Å². The van der Waals surface area contributed by atoms with Crippen LogP contribution in [-0.2, 0) is 20.8 Å². The highest BCUT2D eigenvalue weighted by Gasteiger charge is 2.17. The minimum atomic E-state index is -0.317. The third kappa shape index (κ3) is 8.18. The summed E-state index contributed by atoms with van der Waals surface area (Å²) >= 11 is 0. The van der Waals surface area contributed by atoms with E-state index in [9.17, 15) is 9.59 Å². The van der Waals surface area contributed by atoms with E-state index < -0.39 is 0 Å². The van der Waals surface area contributed by atoms with E-state index in [2.05, 4.69) is 10.3 Å². The molecule has 8 nitrogen and oxygen atoms in total. The SMILES string of the molecule is COCCCNC(=O)c1coc(CN(CCCOC)C(=O)/C=C/c2ccccc2)n1. The van der Waals surface area contributed by atoms with Crippen molar-refractivity contribution in [3.63, 3.8) is 0 Å². The van der Waals surface area contributed by atoms with Crippen molar-refractivity contribution in [1.29, 1.82) is 0 Å². The van der Waals surface area contributed by atoms with Crippen LogP contribution in [0.2, 0.25) is 0 Å². The Labute approximate surface area is 176 Å². The standard InChI is InChI=1S/C22H29N3O5/c1-28-14-6-12-23-22(27)19-17-30-20(24-19)16-25(13-7-15-29-2)21(26)11-10-18-8-4-3-5-9-18/h3-5,8-11,17H,6-7,12-16H2,1-2H3,(H,23,27)/b11-10+. The summed E-state index contributed by atoms with van der Waals surface area (Å²) < 4.78 is 15.5. The first-order valence-corrected chi connectivity index (χ1v) is 9.86. The topological polar surface area (TPSA) is 93.9 Å². The zero-order valence-corrected chi connectivity index (χ0v) is 17.5. The van der Waals surface area contributed by atoms with Gasteiger partial charge in [0.15, 0.2) is 5.69 Å². The van der Waals surface area contributed by atoms with Gasteiger partial charge in [-0.2, -0.15) is 0 Å². The molecule has 2 amide bonds. The summed E-state index contributed by atoms with van der Waals surface area (Å²) in [4.78, 5) is 30.7. The van der Waals surface area contributed by atoms with Crippen molar-refractivity contribution in [1.82, 2.24) is 15.2 Å². The maximum Gasteiger partial charge on any atom is 0.273 e. The summed E-state index contributed by atoms with van der Waals surface area (Å²) in [5, 5.41) is 2.75. The number of benzene rings is 1. The van der Waals surface area contributed by atoms with Crippen LogP contribution in [0.5, 0.6) is 0 Å². The van der Waals surface area contributed by atoms with Crippen molar-refractivity contribution in [3.8, 4) is 0 Å². The summed E-state index contributed by atoms with van der Waals surface area (Å²) in [6.07, 6.45) is 5.98. The normalized spacial score (nSPS) is 11.0. The van der Waals surface area contributed by atoms with Gasteiger partial charge in [-0.1, -0.05) is 30.3 Å². The third-order valence-corrected chi connectivity index (χ3v) is 4.23. The molecule has 2 rings (SSSR count). The highest BCUT2D eigenvalue weighted by molar-refractivity contribution is 5.92. The molecule has 0 bridgehead atoms. The third-order valence-electron chi connectivity index (χ3n) is 4.23. The predicted octanol–water partition coefficient (Wildman–Crippen LogP) is 2.52. The summed E-state index contributed by atoms with van der Waals surface area (Å²) in [6.45, 7) is 2.23. The molecule has 0 saturated carbocycles. The molecular formula is C22H29N3O5. The molecule has 0 radical (unpaired) electrons. The number of ether oxygens (including phenoxy) is 2. The van der Waals surface area contributed by atoms with Crippen molar-refractivity contribution in [3.05, 3.63) is 59.8 Å². The fourth-order valence-corrected chi connectivity index (χ4v) is 2.66. The van der Waals surface area contributed by atoms with Crippen LogP contribution in [0.25, 0.3) is 6.08 Å². The molecule has 1 N–H and O–H groups in total. The highest BCUT2D eigenvalue weighted by Crippen LogP contribution is 2.09. The summed E-state index contributed by atoms with van der Waals surface area (Å²) in [5.74, 6) is -0.183. The average molecular weight is 415 g/mol. The van der Waals surface area contributed by atoms with Crippen molar-refractivity contribution in [2.75, 3.05) is 40.5 Å². The number of methoxy groups -OCH3 is 2. The molecule has 0 aliphatic heterocycles. The molecule has 0 aliphatic rings. The van der Waals surface area contributed by atoms with E-state index in [4.69, 9.17) is 13.9 Å². The van der Waals surface area contributed by atoms with Crippen LogP contribution < -0.4 is 5.32 Å². The fourth-order valence-electron chi connectivity index (χ4n) is 2.66. The second kappa shape index (κ2) is 13.3. The number of oxazole rings is 1. The van der Waals surface area contributed by atoms with Crippen LogP contribution >= 0.6 is 0 Å². The molecule has 0 atom stereocenters. The number of carbonyl (C=O) groups excluding carboxylic acids is 2. The maximum absolute atomic E-state index is 12.7. The van der Waals surface area contributed by atoms with Gasteiger partial charge in [-0.15, -0.1) is 0 Å². The molecule has 0 unspecified atom stereocenters. The van der Waals surface area contributed by atoms with Crippen molar-refractivity contribution >= 4 is 17.9 Å². The zero-order chi connectivity index (χ0) is 21.6. The maximum atomic E-state index is 12.7. The molecule has 0 aliphatic carbocycles. The molecule has 0 saturated heterocycles. The number of amides is 2. The Morgan fingerprint density at radius 1 is 1.13 bits per heavy atom. The predicted molar refractivity (Wildman–Crippen MR) is 113 cm³/mol. The number of aromatic nitrogens is 1. The Morgan fingerprint density at radius 2 is 1.87 bits per heavy atom. The second-order valence-electron chi connectivity index (χ2n) is 6.58. The molecule has 1 aromatic heterocycles. The molecule has 0 spiro atoms. The first kappa shape index (κ1) is 23.3. The molecule has 1 heterocycles. The van der Waals surface area contributed by atoms with Crippen LogP contribution in [0, 0.1) is 0 Å². The lowest BCUT2D eigenvalue weighted by Crippen LogP contribution is -2.31. The minimum absolute atomic E-state index is 0.165. The van der Waals surface area contributed by atoms with E-state index in [0.717, 1.165) is 5.56 Å². The number of nitrogens with one attached hydrogen (secondary N) is 1. The van der Waals surface area contributed by atoms with Gasteiger partial charge in [-0.25, -0.2) is 4.98 Å². The van der Waals surface area contributed by atoms with E-state index in [-0.39, 0.29) is 24.1 Å². The summed E-state index contributed by atoms with van der Waals surface area (Å²) in [6, 6.07) is 9.59. The van der Waals surface area contributed by atoms with Gasteiger partial charge >= 0.3 is 0 Å². The number of nitrogens with zero attached hydrogens (tertiary/aromatic N) is 2. The van der Waals surface area contributed by atoms with E-state index in [1.54, 1.807) is 25.2 Å². The fraction of sp³-hybridized carbons (Fsp3) is 0.409. The Morgan fingerprint density at radius 3 is 2.60 bits per heavy atom. The zero-order valence-electron chi connectivity index (χ0n) is 17.5. The summed E-state index contributed by atoms with van der Waals surface area (Å²) in [7, 11) is 3.23. The molecule has 1 aromatic carbocycles. The van der Waals surface area contributed by atoms with Crippen molar-refractivity contribution in [2.24, 2.45) is 0 Å². The number of hydrogen-bond donors (Lipinski definition) is 1. The van der Waals surface area contributed by atoms with Gasteiger partial charge in [0.1, 0.15) is 6.26 Å². The van der Waals surface area contributed by atoms with Crippen LogP contribution in [0.3, 0.4) is 0 Å². The van der Waals surface area contributed by atoms with Crippen LogP contribution in [-0.4, -0.2) is 62.2 Å². The van der Waals surface area contributed by atoms with Crippen LogP contribution in [0.15, 0.2) is 47.1 Å². The molecule has 0 fully saturated rings. The lowest BCUT2D eigenvalue weighted by atomic mass is 10.2. The molecule has 8 heteroatoms. The Bertz CT molecular complexity index is 804. The second-order valence-corrected chi connectivity index (χ2v) is 6.58. The van der Waals surface area contributed by atoms with E-state index in [1.165, 1.54) is 12.3 Å². The Kier molecular flexibility index (Phi) is 10.3. The lowest BCUT2D eigenvalue weighted by molar-refractivity contribution is -0.127. The van der Waals surface area contributed by atoms with E-state index in [0.29, 0.717) is 45.0 Å². The Hall–Kier alpha value is -2.97. The van der Waals surface area contributed by atoms with Crippen molar-refractivity contribution < 1.29 is 23.5 Å². The molecule has 2 aromatic rings. The first-order chi connectivity index (χ1) is 14.6. The number of rotatable bonds is 13. The number of carbonyl (C=O) groups is 2. The minimum Gasteiger partial charge on any atom is -0.446 e. The number of hydrogen-bond acceptors (Lipinski definition) is 6. The van der Waals surface area contributed by atoms with Crippen LogP contribution in [0.4, 0.5) is 0 Å². The van der Waals surface area contributed by atoms with E-state index >= 15 is 0 Å². The quantitative estimate of drug-likeness (QED) is 0.399. The lowest BCUT2D eigenvalue weighted by Gasteiger charge is -2.19. The van der Waals surface area contributed by atoms with Gasteiger partial charge in [0.2, 0.25) is 11.8 Å². The smallest absolute Gasteiger partial charge is 0.273 e. The average Bonchev–Trinajstić information content (AvgIpc) is 3.24. The highest BCUT2D eigenvalue weighted by atomic mass is 16.5. The monoisotopic (exact) mass is 415 g/mol.